The maximum Gasteiger partial charge on any atom is 0.338 e. The Bertz CT molecular complexity index is 865. The van der Waals surface area contributed by atoms with Gasteiger partial charge in [-0.15, -0.1) is 0 Å². The molecule has 29 heavy (non-hydrogen) atoms. The number of fused-ring (bicyclic) bond motifs is 6. The Hall–Kier alpha value is -3.02. The highest BCUT2D eigenvalue weighted by atomic mass is 16.5. The van der Waals surface area contributed by atoms with Crippen molar-refractivity contribution in [3.8, 4) is 0 Å². The Morgan fingerprint density at radius 2 is 1.24 bits per heavy atom. The molecule has 0 atom stereocenters. The van der Waals surface area contributed by atoms with Gasteiger partial charge in [-0.2, -0.15) is 0 Å². The van der Waals surface area contributed by atoms with Crippen LogP contribution in [0.25, 0.3) is 0 Å². The van der Waals surface area contributed by atoms with Crippen molar-refractivity contribution in [2.75, 3.05) is 29.7 Å². The minimum atomic E-state index is -0.272. The van der Waals surface area contributed by atoms with E-state index in [1.807, 2.05) is 50.2 Å². The first kappa shape index (κ1) is 19.3. The quantitative estimate of drug-likeness (QED) is 0.687. The van der Waals surface area contributed by atoms with Crippen molar-refractivity contribution in [1.82, 2.24) is 0 Å². The minimum absolute atomic E-state index is 0.272. The number of esters is 2. The third-order valence-electron chi connectivity index (χ3n) is 5.25. The molecule has 2 aliphatic rings. The molecular weight excluding hydrogens is 368 g/mol. The van der Waals surface area contributed by atoms with Crippen LogP contribution >= 0.6 is 0 Å². The summed E-state index contributed by atoms with van der Waals surface area (Å²) >= 11 is 0. The van der Waals surface area contributed by atoms with Gasteiger partial charge in [0, 0.05) is 24.5 Å². The van der Waals surface area contributed by atoms with E-state index in [2.05, 4.69) is 9.80 Å². The van der Waals surface area contributed by atoms with Gasteiger partial charge in [-0.1, -0.05) is 13.8 Å². The van der Waals surface area contributed by atoms with Gasteiger partial charge >= 0.3 is 11.9 Å². The maximum atomic E-state index is 12.2. The van der Waals surface area contributed by atoms with Gasteiger partial charge < -0.3 is 19.3 Å². The van der Waals surface area contributed by atoms with Gasteiger partial charge in [0.05, 0.1) is 31.0 Å². The van der Waals surface area contributed by atoms with Crippen molar-refractivity contribution in [2.24, 2.45) is 0 Å². The lowest BCUT2D eigenvalue weighted by atomic mass is 9.98. The highest BCUT2D eigenvalue weighted by Crippen LogP contribution is 2.38. The SMILES string of the molecule is CCCOC(=O)c1ccc2c(c1)CN1CN2Cc2cc(C(=O)OCCC)ccc21. The van der Waals surface area contributed by atoms with Crippen molar-refractivity contribution in [3.05, 3.63) is 58.7 Å². The highest BCUT2D eigenvalue weighted by Gasteiger charge is 2.30. The van der Waals surface area contributed by atoms with Gasteiger partial charge in [0.15, 0.2) is 0 Å². The number of rotatable bonds is 6. The second kappa shape index (κ2) is 8.15. The van der Waals surface area contributed by atoms with Crippen LogP contribution in [0.5, 0.6) is 0 Å². The minimum Gasteiger partial charge on any atom is -0.462 e. The third-order valence-corrected chi connectivity index (χ3v) is 5.25. The monoisotopic (exact) mass is 394 g/mol. The van der Waals surface area contributed by atoms with Crippen LogP contribution in [-0.4, -0.2) is 31.8 Å². The Kier molecular flexibility index (Phi) is 5.43. The van der Waals surface area contributed by atoms with E-state index in [-0.39, 0.29) is 11.9 Å². The van der Waals surface area contributed by atoms with Crippen LogP contribution in [0.4, 0.5) is 11.4 Å². The zero-order valence-corrected chi connectivity index (χ0v) is 16.9. The molecule has 0 radical (unpaired) electrons. The Balaban J connectivity index is 1.57. The van der Waals surface area contributed by atoms with E-state index < -0.39 is 0 Å². The Labute approximate surface area is 171 Å². The van der Waals surface area contributed by atoms with Gasteiger partial charge in [-0.3, -0.25) is 0 Å². The molecule has 0 saturated carbocycles. The van der Waals surface area contributed by atoms with Crippen LogP contribution in [-0.2, 0) is 22.6 Å². The van der Waals surface area contributed by atoms with Crippen LogP contribution in [0.1, 0.15) is 58.5 Å². The van der Waals surface area contributed by atoms with Gasteiger partial charge in [0.2, 0.25) is 0 Å². The molecule has 0 saturated heterocycles. The molecule has 0 amide bonds. The fraction of sp³-hybridized carbons (Fsp3) is 0.391. The second-order valence-electron chi connectivity index (χ2n) is 7.50. The molecule has 2 heterocycles. The highest BCUT2D eigenvalue weighted by molar-refractivity contribution is 5.91. The molecule has 0 aliphatic carbocycles. The largest absolute Gasteiger partial charge is 0.462 e. The molecule has 2 aromatic rings. The first-order valence-electron chi connectivity index (χ1n) is 10.2. The summed E-state index contributed by atoms with van der Waals surface area (Å²) in [5.74, 6) is -0.544. The number of hydrogen-bond donors (Lipinski definition) is 0. The summed E-state index contributed by atoms with van der Waals surface area (Å²) in [5, 5.41) is 0. The Morgan fingerprint density at radius 1 is 0.793 bits per heavy atom. The van der Waals surface area contributed by atoms with Crippen molar-refractivity contribution in [3.63, 3.8) is 0 Å². The Morgan fingerprint density at radius 3 is 1.66 bits per heavy atom. The lowest BCUT2D eigenvalue weighted by Gasteiger charge is -2.45. The summed E-state index contributed by atoms with van der Waals surface area (Å²) in [6.45, 7) is 7.05. The number of nitrogens with zero attached hydrogens (tertiary/aromatic N) is 2. The summed E-state index contributed by atoms with van der Waals surface area (Å²) in [5.41, 5.74) is 5.65. The molecule has 2 aliphatic heterocycles. The molecule has 6 heteroatoms. The maximum absolute atomic E-state index is 12.2. The van der Waals surface area contributed by atoms with Crippen LogP contribution in [0.15, 0.2) is 36.4 Å². The standard InChI is InChI=1S/C23H26N2O4/c1-3-9-28-22(26)16-5-7-20-18(11-16)13-24-15-25(20)14-19-12-17(6-8-21(19)24)23(27)29-10-4-2/h5-8,11-12H,3-4,9-10,13-15H2,1-2H3. The van der Waals surface area contributed by atoms with Crippen LogP contribution < -0.4 is 9.80 Å². The fourth-order valence-corrected chi connectivity index (χ4v) is 3.89. The molecular formula is C23H26N2O4. The first-order chi connectivity index (χ1) is 14.1. The van der Waals surface area contributed by atoms with Crippen LogP contribution in [0.2, 0.25) is 0 Å². The predicted molar refractivity (Wildman–Crippen MR) is 111 cm³/mol. The van der Waals surface area contributed by atoms with Crippen molar-refractivity contribution in [1.29, 1.82) is 0 Å². The van der Waals surface area contributed by atoms with Gasteiger partial charge in [0.25, 0.3) is 0 Å². The number of ether oxygens (including phenoxy) is 2. The zero-order chi connectivity index (χ0) is 20.4. The average Bonchev–Trinajstić information content (AvgIpc) is 2.75. The van der Waals surface area contributed by atoms with E-state index in [1.165, 1.54) is 0 Å². The van der Waals surface area contributed by atoms with Crippen molar-refractivity contribution in [2.45, 2.75) is 39.8 Å². The second-order valence-corrected chi connectivity index (χ2v) is 7.50. The molecule has 4 rings (SSSR count). The molecule has 152 valence electrons. The third kappa shape index (κ3) is 3.79. The van der Waals surface area contributed by atoms with Crippen molar-refractivity contribution >= 4 is 23.3 Å². The zero-order valence-electron chi connectivity index (χ0n) is 16.9. The van der Waals surface area contributed by atoms with E-state index in [0.29, 0.717) is 37.4 Å². The smallest absolute Gasteiger partial charge is 0.338 e. The molecule has 0 aromatic heterocycles. The first-order valence-corrected chi connectivity index (χ1v) is 10.2. The molecule has 0 N–H and O–H groups in total. The van der Waals surface area contributed by atoms with Gasteiger partial charge in [-0.25, -0.2) is 9.59 Å². The number of hydrogen-bond acceptors (Lipinski definition) is 6. The molecule has 6 nitrogen and oxygen atoms in total. The van der Waals surface area contributed by atoms with Gasteiger partial charge in [-0.05, 0) is 60.4 Å². The topological polar surface area (TPSA) is 59.1 Å². The summed E-state index contributed by atoms with van der Waals surface area (Å²) in [4.78, 5) is 29.0. The van der Waals surface area contributed by atoms with Crippen molar-refractivity contribution < 1.29 is 19.1 Å². The van der Waals surface area contributed by atoms with E-state index >= 15 is 0 Å². The normalized spacial score (nSPS) is 14.1. The molecule has 0 spiro atoms. The summed E-state index contributed by atoms with van der Waals surface area (Å²) in [6, 6.07) is 11.5. The van der Waals surface area contributed by atoms with Crippen LogP contribution in [0.3, 0.4) is 0 Å². The van der Waals surface area contributed by atoms with E-state index in [1.54, 1.807) is 0 Å². The van der Waals surface area contributed by atoms with Crippen LogP contribution in [0, 0.1) is 0 Å². The number of benzene rings is 2. The molecule has 2 bridgehead atoms. The lowest BCUT2D eigenvalue weighted by molar-refractivity contribution is 0.0496. The average molecular weight is 394 g/mol. The molecule has 2 aromatic carbocycles. The number of carbonyl (C=O) groups excluding carboxylic acids is 2. The summed E-state index contributed by atoms with van der Waals surface area (Å²) in [6.07, 6.45) is 1.62. The lowest BCUT2D eigenvalue weighted by Crippen LogP contribution is -2.46. The fourth-order valence-electron chi connectivity index (χ4n) is 3.89. The predicted octanol–water partition coefficient (Wildman–Crippen LogP) is 4.12. The summed E-state index contributed by atoms with van der Waals surface area (Å²) < 4.78 is 10.5. The summed E-state index contributed by atoms with van der Waals surface area (Å²) in [7, 11) is 0. The molecule has 0 fully saturated rings. The van der Waals surface area contributed by atoms with E-state index in [4.69, 9.17) is 9.47 Å². The van der Waals surface area contributed by atoms with Gasteiger partial charge in [0.1, 0.15) is 0 Å². The number of carbonyl (C=O) groups is 2. The molecule has 0 unspecified atom stereocenters. The number of anilines is 2. The van der Waals surface area contributed by atoms with E-state index in [0.717, 1.165) is 42.0 Å². The van der Waals surface area contributed by atoms with E-state index in [9.17, 15) is 9.59 Å².